The summed E-state index contributed by atoms with van der Waals surface area (Å²) in [5.74, 6) is 1.03. The van der Waals surface area contributed by atoms with Crippen molar-refractivity contribution in [2.75, 3.05) is 23.3 Å². The van der Waals surface area contributed by atoms with Crippen LogP contribution in [0.3, 0.4) is 0 Å². The molecule has 3 aromatic heterocycles. The van der Waals surface area contributed by atoms with Gasteiger partial charge in [0.05, 0.1) is 16.8 Å². The fourth-order valence-corrected chi connectivity index (χ4v) is 3.95. The highest BCUT2D eigenvalue weighted by molar-refractivity contribution is 5.90. The number of anilines is 3. The van der Waals surface area contributed by atoms with E-state index in [1.54, 1.807) is 12.4 Å². The fourth-order valence-electron chi connectivity index (χ4n) is 3.95. The van der Waals surface area contributed by atoms with Crippen molar-refractivity contribution in [3.8, 4) is 11.3 Å². The maximum Gasteiger partial charge on any atom is 0.416 e. The maximum absolute atomic E-state index is 12.9. The van der Waals surface area contributed by atoms with Gasteiger partial charge >= 0.3 is 6.18 Å². The highest BCUT2D eigenvalue weighted by atomic mass is 19.4. The van der Waals surface area contributed by atoms with Crippen molar-refractivity contribution in [1.82, 2.24) is 19.9 Å². The second-order valence-electron chi connectivity index (χ2n) is 8.03. The summed E-state index contributed by atoms with van der Waals surface area (Å²) in [7, 11) is 0. The fraction of sp³-hybridized carbons (Fsp3) is 0.250. The van der Waals surface area contributed by atoms with E-state index in [0.717, 1.165) is 54.9 Å². The number of nitrogens with one attached hydrogen (secondary N) is 1. The zero-order valence-corrected chi connectivity index (χ0v) is 17.9. The molecule has 1 N–H and O–H groups in total. The minimum atomic E-state index is -4.38. The summed E-state index contributed by atoms with van der Waals surface area (Å²) in [6, 6.07) is 10.7. The van der Waals surface area contributed by atoms with Gasteiger partial charge in [0.1, 0.15) is 5.52 Å². The number of aromatic nitrogens is 4. The molecule has 1 fully saturated rings. The summed E-state index contributed by atoms with van der Waals surface area (Å²) >= 11 is 0. The average molecular weight is 450 g/mol. The second kappa shape index (κ2) is 8.31. The van der Waals surface area contributed by atoms with Crippen LogP contribution in [0.25, 0.3) is 22.3 Å². The Kier molecular flexibility index (Phi) is 5.32. The predicted octanol–water partition coefficient (Wildman–Crippen LogP) is 5.76. The lowest BCUT2D eigenvalue weighted by molar-refractivity contribution is -0.137. The predicted molar refractivity (Wildman–Crippen MR) is 121 cm³/mol. The van der Waals surface area contributed by atoms with Gasteiger partial charge < -0.3 is 10.2 Å². The van der Waals surface area contributed by atoms with Crippen LogP contribution in [-0.2, 0) is 6.18 Å². The van der Waals surface area contributed by atoms with Crippen LogP contribution in [0.4, 0.5) is 30.6 Å². The molecular formula is C24H21F3N6. The molecule has 0 unspecified atom stereocenters. The number of benzene rings is 1. The van der Waals surface area contributed by atoms with E-state index in [-0.39, 0.29) is 0 Å². The van der Waals surface area contributed by atoms with Crippen LogP contribution in [0.5, 0.6) is 0 Å². The van der Waals surface area contributed by atoms with E-state index in [1.165, 1.54) is 12.1 Å². The minimum absolute atomic E-state index is 0.450. The molecule has 0 atom stereocenters. The zero-order valence-electron chi connectivity index (χ0n) is 17.9. The lowest BCUT2D eigenvalue weighted by Crippen LogP contribution is -2.21. The smallest absolute Gasteiger partial charge is 0.341 e. The Morgan fingerprint density at radius 1 is 0.970 bits per heavy atom. The van der Waals surface area contributed by atoms with Gasteiger partial charge in [0.15, 0.2) is 5.82 Å². The van der Waals surface area contributed by atoms with Gasteiger partial charge in [0.2, 0.25) is 5.95 Å². The summed E-state index contributed by atoms with van der Waals surface area (Å²) < 4.78 is 38.8. The van der Waals surface area contributed by atoms with E-state index >= 15 is 0 Å². The van der Waals surface area contributed by atoms with Crippen molar-refractivity contribution < 1.29 is 13.2 Å². The van der Waals surface area contributed by atoms with Crippen LogP contribution in [-0.4, -0.2) is 33.0 Å². The van der Waals surface area contributed by atoms with Crippen molar-refractivity contribution >= 4 is 28.5 Å². The molecule has 0 amide bonds. The first kappa shape index (κ1) is 21.1. The number of aryl methyl sites for hydroxylation is 1. The number of hydrogen-bond acceptors (Lipinski definition) is 6. The Bertz CT molecular complexity index is 1300. The highest BCUT2D eigenvalue weighted by Gasteiger charge is 2.30. The molecule has 33 heavy (non-hydrogen) atoms. The van der Waals surface area contributed by atoms with Crippen LogP contribution in [0.15, 0.2) is 54.9 Å². The van der Waals surface area contributed by atoms with E-state index in [0.29, 0.717) is 28.5 Å². The Labute approximate surface area is 188 Å². The highest BCUT2D eigenvalue weighted by Crippen LogP contribution is 2.32. The zero-order chi connectivity index (χ0) is 23.0. The number of nitrogens with zero attached hydrogens (tertiary/aromatic N) is 5. The topological polar surface area (TPSA) is 66.8 Å². The lowest BCUT2D eigenvalue weighted by Gasteiger charge is -2.18. The van der Waals surface area contributed by atoms with E-state index in [4.69, 9.17) is 4.98 Å². The molecule has 1 aliphatic rings. The van der Waals surface area contributed by atoms with Crippen LogP contribution in [0, 0.1) is 6.92 Å². The number of halogens is 3. The molecule has 9 heteroatoms. The number of fused-ring (bicyclic) bond motifs is 1. The molecule has 4 heterocycles. The number of alkyl halides is 3. The molecular weight excluding hydrogens is 429 g/mol. The Balaban J connectivity index is 1.58. The van der Waals surface area contributed by atoms with Gasteiger partial charge in [-0.1, -0.05) is 6.07 Å². The Morgan fingerprint density at radius 3 is 2.42 bits per heavy atom. The van der Waals surface area contributed by atoms with Gasteiger partial charge in [-0.2, -0.15) is 18.2 Å². The summed E-state index contributed by atoms with van der Waals surface area (Å²) in [5.41, 5.74) is 3.65. The van der Waals surface area contributed by atoms with Crippen LogP contribution in [0.1, 0.15) is 24.0 Å². The van der Waals surface area contributed by atoms with Gasteiger partial charge in [-0.05, 0) is 61.7 Å². The SMILES string of the molecule is Cc1cccnc1-c1cnc2c(Nc3ccc(C(F)(F)F)cc3)nc(N3CCCC3)nc2c1. The third kappa shape index (κ3) is 4.30. The molecule has 4 aromatic rings. The first-order valence-corrected chi connectivity index (χ1v) is 10.7. The first-order chi connectivity index (χ1) is 15.9. The van der Waals surface area contributed by atoms with Gasteiger partial charge in [-0.3, -0.25) is 4.98 Å². The first-order valence-electron chi connectivity index (χ1n) is 10.7. The van der Waals surface area contributed by atoms with Crippen molar-refractivity contribution in [1.29, 1.82) is 0 Å². The second-order valence-corrected chi connectivity index (χ2v) is 8.03. The molecule has 6 nitrogen and oxygen atoms in total. The van der Waals surface area contributed by atoms with Crippen molar-refractivity contribution in [3.05, 3.63) is 66.0 Å². The molecule has 0 aliphatic carbocycles. The molecule has 0 bridgehead atoms. The molecule has 168 valence electrons. The molecule has 1 saturated heterocycles. The van der Waals surface area contributed by atoms with E-state index in [9.17, 15) is 13.2 Å². The van der Waals surface area contributed by atoms with Crippen LogP contribution >= 0.6 is 0 Å². The Morgan fingerprint density at radius 2 is 1.73 bits per heavy atom. The molecule has 5 rings (SSSR count). The summed E-state index contributed by atoms with van der Waals surface area (Å²) in [4.78, 5) is 20.6. The van der Waals surface area contributed by atoms with Crippen LogP contribution < -0.4 is 10.2 Å². The largest absolute Gasteiger partial charge is 0.416 e. The Hall–Kier alpha value is -3.75. The van der Waals surface area contributed by atoms with E-state index in [1.807, 2.05) is 25.1 Å². The van der Waals surface area contributed by atoms with Gasteiger partial charge in [-0.15, -0.1) is 0 Å². The van der Waals surface area contributed by atoms with E-state index in [2.05, 4.69) is 25.2 Å². The molecule has 0 spiro atoms. The molecule has 1 aromatic carbocycles. The molecule has 1 aliphatic heterocycles. The summed E-state index contributed by atoms with van der Waals surface area (Å²) in [5, 5.41) is 3.14. The molecule has 0 saturated carbocycles. The van der Waals surface area contributed by atoms with E-state index < -0.39 is 11.7 Å². The lowest BCUT2D eigenvalue weighted by atomic mass is 10.1. The van der Waals surface area contributed by atoms with Gasteiger partial charge in [-0.25, -0.2) is 9.97 Å². The third-order valence-electron chi connectivity index (χ3n) is 5.67. The van der Waals surface area contributed by atoms with Crippen molar-refractivity contribution in [2.24, 2.45) is 0 Å². The average Bonchev–Trinajstić information content (AvgIpc) is 3.34. The number of rotatable bonds is 4. The van der Waals surface area contributed by atoms with Crippen molar-refractivity contribution in [3.63, 3.8) is 0 Å². The van der Waals surface area contributed by atoms with Crippen molar-refractivity contribution in [2.45, 2.75) is 25.9 Å². The quantitative estimate of drug-likeness (QED) is 0.427. The standard InChI is InChI=1S/C24H21F3N6/c1-15-5-4-10-28-20(15)16-13-19-21(29-14-16)22(32-23(31-19)33-11-2-3-12-33)30-18-8-6-17(7-9-18)24(25,26)27/h4-10,13-14H,2-3,11-12H2,1H3,(H,30,31,32). The maximum atomic E-state index is 12.9. The number of pyridine rings is 2. The van der Waals surface area contributed by atoms with Crippen LogP contribution in [0.2, 0.25) is 0 Å². The van der Waals surface area contributed by atoms with Gasteiger partial charge in [0.25, 0.3) is 0 Å². The summed E-state index contributed by atoms with van der Waals surface area (Å²) in [6.45, 7) is 3.70. The molecule has 0 radical (unpaired) electrons. The summed E-state index contributed by atoms with van der Waals surface area (Å²) in [6.07, 6.45) is 1.20. The monoisotopic (exact) mass is 450 g/mol. The van der Waals surface area contributed by atoms with Gasteiger partial charge in [0, 0.05) is 36.7 Å². The normalized spacial score (nSPS) is 14.1. The minimum Gasteiger partial charge on any atom is -0.341 e. The third-order valence-corrected chi connectivity index (χ3v) is 5.67. The number of hydrogen-bond donors (Lipinski definition) is 1.